The maximum absolute atomic E-state index is 13.9. The van der Waals surface area contributed by atoms with E-state index in [1.165, 1.54) is 24.0 Å². The Balaban J connectivity index is 1.58. The summed E-state index contributed by atoms with van der Waals surface area (Å²) >= 11 is 4.92. The van der Waals surface area contributed by atoms with Crippen LogP contribution in [0, 0.1) is 6.92 Å². The van der Waals surface area contributed by atoms with Crippen LogP contribution < -0.4 is 24.4 Å². The van der Waals surface area contributed by atoms with E-state index in [2.05, 4.69) is 15.9 Å². The summed E-state index contributed by atoms with van der Waals surface area (Å²) in [7, 11) is 2.93. The molecule has 0 amide bonds. The summed E-state index contributed by atoms with van der Waals surface area (Å²) in [5, 5.41) is 0. The quantitative estimate of drug-likeness (QED) is 0.241. The van der Waals surface area contributed by atoms with Crippen molar-refractivity contribution < 1.29 is 19.0 Å². The summed E-state index contributed by atoms with van der Waals surface area (Å²) in [5.74, 6) is 0.628. The lowest BCUT2D eigenvalue weighted by molar-refractivity contribution is -0.136. The fraction of sp³-hybridized carbons (Fsp3) is 0.219. The number of fused-ring (bicyclic) bond motifs is 1. The number of hydrogen-bond donors (Lipinski definition) is 0. The van der Waals surface area contributed by atoms with Crippen LogP contribution in [0.1, 0.15) is 41.6 Å². The van der Waals surface area contributed by atoms with Crippen LogP contribution in [-0.2, 0) is 16.1 Å². The van der Waals surface area contributed by atoms with E-state index in [1.807, 2.05) is 80.6 Å². The molecular weight excluding hydrogens is 604 g/mol. The first-order valence-corrected chi connectivity index (χ1v) is 14.7. The van der Waals surface area contributed by atoms with Gasteiger partial charge >= 0.3 is 5.97 Å². The fourth-order valence-corrected chi connectivity index (χ4v) is 6.18. The highest BCUT2D eigenvalue weighted by atomic mass is 79.9. The molecule has 3 aromatic carbocycles. The maximum Gasteiger partial charge on any atom is 0.338 e. The first kappa shape index (κ1) is 28.6. The summed E-state index contributed by atoms with van der Waals surface area (Å²) in [5.41, 5.74) is 4.52. The van der Waals surface area contributed by atoms with Gasteiger partial charge in [0.1, 0.15) is 6.61 Å². The van der Waals surface area contributed by atoms with Gasteiger partial charge in [0.2, 0.25) is 0 Å². The maximum atomic E-state index is 13.9. The minimum Gasteiger partial charge on any atom is -0.493 e. The minimum absolute atomic E-state index is 0.246. The number of halogens is 1. The second kappa shape index (κ2) is 12.3. The van der Waals surface area contributed by atoms with Crippen LogP contribution in [0.4, 0.5) is 0 Å². The molecule has 0 radical (unpaired) electrons. The van der Waals surface area contributed by atoms with Crippen LogP contribution in [0.25, 0.3) is 6.08 Å². The third-order valence-electron chi connectivity index (χ3n) is 6.85. The van der Waals surface area contributed by atoms with Gasteiger partial charge in [-0.15, -0.1) is 0 Å². The Morgan fingerprint density at radius 3 is 2.46 bits per heavy atom. The van der Waals surface area contributed by atoms with Gasteiger partial charge in [-0.1, -0.05) is 94.4 Å². The summed E-state index contributed by atoms with van der Waals surface area (Å²) in [6.07, 6.45) is 2.32. The summed E-state index contributed by atoms with van der Waals surface area (Å²) in [4.78, 5) is 32.1. The molecule has 9 heteroatoms. The lowest BCUT2D eigenvalue weighted by Gasteiger charge is -2.25. The van der Waals surface area contributed by atoms with E-state index >= 15 is 0 Å². The summed E-state index contributed by atoms with van der Waals surface area (Å²) in [6, 6.07) is 20.7. The SMILES string of the molecule is CCC1=C(C(=O)OC)[C@H](c2ccccc2)n2c(s/c(=C\c3cc(OC)c(OCc4ccc(C)cc4)cc3Br)c2=O)=N1. The Morgan fingerprint density at radius 1 is 1.07 bits per heavy atom. The van der Waals surface area contributed by atoms with Gasteiger partial charge in [-0.25, -0.2) is 9.79 Å². The van der Waals surface area contributed by atoms with E-state index in [9.17, 15) is 9.59 Å². The number of esters is 1. The fourth-order valence-electron chi connectivity index (χ4n) is 4.74. The number of nitrogens with zero attached hydrogens (tertiary/aromatic N) is 2. The molecule has 41 heavy (non-hydrogen) atoms. The zero-order chi connectivity index (χ0) is 29.1. The van der Waals surface area contributed by atoms with Crippen molar-refractivity contribution in [3.8, 4) is 11.5 Å². The van der Waals surface area contributed by atoms with Crippen molar-refractivity contribution in [2.45, 2.75) is 32.9 Å². The monoisotopic (exact) mass is 632 g/mol. The highest BCUT2D eigenvalue weighted by Gasteiger charge is 2.33. The molecule has 0 saturated heterocycles. The molecule has 0 fully saturated rings. The number of thiazole rings is 1. The number of hydrogen-bond acceptors (Lipinski definition) is 7. The van der Waals surface area contributed by atoms with Gasteiger partial charge in [0.15, 0.2) is 16.3 Å². The van der Waals surface area contributed by atoms with Crippen LogP contribution in [-0.4, -0.2) is 24.8 Å². The third-order valence-corrected chi connectivity index (χ3v) is 8.52. The van der Waals surface area contributed by atoms with Crippen molar-refractivity contribution in [3.05, 3.63) is 124 Å². The highest BCUT2D eigenvalue weighted by molar-refractivity contribution is 9.10. The average Bonchev–Trinajstić information content (AvgIpc) is 3.31. The van der Waals surface area contributed by atoms with E-state index in [4.69, 9.17) is 19.2 Å². The topological polar surface area (TPSA) is 79.1 Å². The minimum atomic E-state index is -0.646. The summed E-state index contributed by atoms with van der Waals surface area (Å²) < 4.78 is 19.6. The number of allylic oxidation sites excluding steroid dienone is 1. The van der Waals surface area contributed by atoms with E-state index < -0.39 is 12.0 Å². The number of aryl methyl sites for hydroxylation is 1. The molecule has 1 aliphatic heterocycles. The zero-order valence-corrected chi connectivity index (χ0v) is 25.5. The standard InChI is InChI=1S/C32H29BrN2O5S/c1-5-24-28(31(37)39-4)29(21-9-7-6-8-10-21)35-30(36)27(41-32(35)34-24)16-22-15-25(38-3)26(17-23(22)33)40-18-20-13-11-19(2)12-14-20/h6-17,29H,5,18H2,1-4H3/b27-16-/t29-/m0/s1. The Hall–Kier alpha value is -3.95. The molecule has 4 aromatic rings. The molecular formula is C32H29BrN2O5S. The normalized spacial score (nSPS) is 14.9. The molecule has 0 aliphatic carbocycles. The van der Waals surface area contributed by atoms with Gasteiger partial charge < -0.3 is 14.2 Å². The van der Waals surface area contributed by atoms with Crippen LogP contribution in [0.3, 0.4) is 0 Å². The van der Waals surface area contributed by atoms with E-state index in [0.29, 0.717) is 45.1 Å². The molecule has 1 aliphatic rings. The molecule has 1 atom stereocenters. The molecule has 7 nitrogen and oxygen atoms in total. The summed E-state index contributed by atoms with van der Waals surface area (Å²) in [6.45, 7) is 4.37. The number of carbonyl (C=O) groups is 1. The molecule has 0 saturated carbocycles. The van der Waals surface area contributed by atoms with Crippen LogP contribution in [0.15, 0.2) is 92.3 Å². The number of ether oxygens (including phenoxy) is 3. The van der Waals surface area contributed by atoms with Gasteiger partial charge in [-0.2, -0.15) is 0 Å². The number of benzene rings is 3. The van der Waals surface area contributed by atoms with Crippen LogP contribution >= 0.6 is 27.3 Å². The van der Waals surface area contributed by atoms with Crippen molar-refractivity contribution in [3.63, 3.8) is 0 Å². The second-order valence-corrected chi connectivity index (χ2v) is 11.4. The van der Waals surface area contributed by atoms with Gasteiger partial charge in [0.25, 0.3) is 5.56 Å². The van der Waals surface area contributed by atoms with Crippen LogP contribution in [0.2, 0.25) is 0 Å². The molecule has 0 N–H and O–H groups in total. The van der Waals surface area contributed by atoms with Gasteiger partial charge in [-0.05, 0) is 48.2 Å². The third kappa shape index (κ3) is 5.78. The van der Waals surface area contributed by atoms with Gasteiger partial charge in [0, 0.05) is 4.47 Å². The van der Waals surface area contributed by atoms with E-state index in [0.717, 1.165) is 21.2 Å². The number of aromatic nitrogens is 1. The highest BCUT2D eigenvalue weighted by Crippen LogP contribution is 2.35. The molecule has 2 heterocycles. The smallest absolute Gasteiger partial charge is 0.338 e. The van der Waals surface area contributed by atoms with E-state index in [-0.39, 0.29) is 5.56 Å². The molecule has 1 aromatic heterocycles. The number of rotatable bonds is 8. The van der Waals surface area contributed by atoms with Crippen molar-refractivity contribution >= 4 is 39.3 Å². The number of carbonyl (C=O) groups excluding carboxylic acids is 1. The van der Waals surface area contributed by atoms with Crippen molar-refractivity contribution in [2.24, 2.45) is 4.99 Å². The van der Waals surface area contributed by atoms with E-state index in [1.54, 1.807) is 17.8 Å². The Morgan fingerprint density at radius 2 is 1.80 bits per heavy atom. The molecule has 5 rings (SSSR count). The van der Waals surface area contributed by atoms with Gasteiger partial charge in [0.05, 0.1) is 36.1 Å². The molecule has 0 bridgehead atoms. The molecule has 210 valence electrons. The predicted octanol–water partition coefficient (Wildman–Crippen LogP) is 5.46. The van der Waals surface area contributed by atoms with Crippen LogP contribution in [0.5, 0.6) is 11.5 Å². The first-order valence-electron chi connectivity index (χ1n) is 13.1. The predicted molar refractivity (Wildman–Crippen MR) is 163 cm³/mol. The van der Waals surface area contributed by atoms with Crippen molar-refractivity contribution in [1.82, 2.24) is 4.57 Å². The lowest BCUT2D eigenvalue weighted by atomic mass is 9.95. The Labute approximate surface area is 250 Å². The molecule has 0 unspecified atom stereocenters. The Bertz CT molecular complexity index is 1810. The number of methoxy groups -OCH3 is 2. The Kier molecular flexibility index (Phi) is 8.56. The van der Waals surface area contributed by atoms with Gasteiger partial charge in [-0.3, -0.25) is 9.36 Å². The van der Waals surface area contributed by atoms with Crippen molar-refractivity contribution in [1.29, 1.82) is 0 Å². The van der Waals surface area contributed by atoms with Crippen molar-refractivity contribution in [2.75, 3.05) is 14.2 Å². The largest absolute Gasteiger partial charge is 0.493 e. The average molecular weight is 634 g/mol. The lowest BCUT2D eigenvalue weighted by Crippen LogP contribution is -2.40. The molecule has 0 spiro atoms. The second-order valence-electron chi connectivity index (χ2n) is 9.50. The zero-order valence-electron chi connectivity index (χ0n) is 23.1. The first-order chi connectivity index (χ1) is 19.8.